The molecule has 5 heteroatoms. The molecule has 0 amide bonds. The van der Waals surface area contributed by atoms with Gasteiger partial charge in [-0.05, 0) is 45.4 Å². The van der Waals surface area contributed by atoms with Crippen LogP contribution in [0.4, 0.5) is 10.2 Å². The monoisotopic (exact) mass is 284 g/mol. The van der Waals surface area contributed by atoms with Crippen molar-refractivity contribution in [1.82, 2.24) is 14.5 Å². The summed E-state index contributed by atoms with van der Waals surface area (Å²) in [4.78, 5) is 8.74. The quantitative estimate of drug-likeness (QED) is 0.745. The van der Waals surface area contributed by atoms with Crippen molar-refractivity contribution in [3.05, 3.63) is 46.7 Å². The molecule has 0 saturated heterocycles. The third kappa shape index (κ3) is 1.88. The molecule has 108 valence electrons. The molecule has 0 bridgehead atoms. The number of aromatic nitrogens is 3. The van der Waals surface area contributed by atoms with E-state index in [-0.39, 0.29) is 5.82 Å². The van der Waals surface area contributed by atoms with Crippen LogP contribution >= 0.6 is 0 Å². The Balaban J connectivity index is 2.48. The molecule has 4 nitrogen and oxygen atoms in total. The Morgan fingerprint density at radius 1 is 1.05 bits per heavy atom. The molecule has 2 aromatic heterocycles. The van der Waals surface area contributed by atoms with Crippen LogP contribution in [0.15, 0.2) is 18.2 Å². The number of fused-ring (bicyclic) bond motifs is 1. The summed E-state index contributed by atoms with van der Waals surface area (Å²) in [5, 5.41) is 0.835. The Hall–Kier alpha value is -2.43. The number of halogens is 1. The average molecular weight is 284 g/mol. The highest BCUT2D eigenvalue weighted by atomic mass is 19.1. The fourth-order valence-corrected chi connectivity index (χ4v) is 2.74. The number of anilines is 1. The number of hydrogen-bond acceptors (Lipinski definition) is 3. The largest absolute Gasteiger partial charge is 0.383 e. The second-order valence-corrected chi connectivity index (χ2v) is 5.28. The summed E-state index contributed by atoms with van der Waals surface area (Å²) in [6.45, 7) is 7.53. The van der Waals surface area contributed by atoms with E-state index >= 15 is 0 Å². The maximum atomic E-state index is 13.9. The predicted molar refractivity (Wildman–Crippen MR) is 82.2 cm³/mol. The lowest BCUT2D eigenvalue weighted by atomic mass is 10.2. The molecule has 0 saturated carbocycles. The maximum Gasteiger partial charge on any atom is 0.150 e. The second-order valence-electron chi connectivity index (χ2n) is 5.28. The van der Waals surface area contributed by atoms with Gasteiger partial charge in [0.25, 0.3) is 0 Å². The van der Waals surface area contributed by atoms with Gasteiger partial charge in [0.15, 0.2) is 5.65 Å². The van der Waals surface area contributed by atoms with Gasteiger partial charge >= 0.3 is 0 Å². The van der Waals surface area contributed by atoms with Crippen LogP contribution in [0, 0.1) is 33.5 Å². The van der Waals surface area contributed by atoms with Gasteiger partial charge in [-0.3, -0.25) is 4.57 Å². The van der Waals surface area contributed by atoms with Gasteiger partial charge in [-0.2, -0.15) is 0 Å². The Kier molecular flexibility index (Phi) is 2.93. The zero-order valence-electron chi connectivity index (χ0n) is 12.5. The highest BCUT2D eigenvalue weighted by Gasteiger charge is 2.19. The number of rotatable bonds is 1. The maximum absolute atomic E-state index is 13.9. The van der Waals surface area contributed by atoms with Crippen molar-refractivity contribution in [1.29, 1.82) is 0 Å². The number of hydrogen-bond donors (Lipinski definition) is 1. The zero-order valence-corrected chi connectivity index (χ0v) is 12.5. The van der Waals surface area contributed by atoms with E-state index in [1.165, 1.54) is 6.07 Å². The van der Waals surface area contributed by atoms with E-state index in [4.69, 9.17) is 5.73 Å². The first-order valence-electron chi connectivity index (χ1n) is 6.79. The van der Waals surface area contributed by atoms with Gasteiger partial charge < -0.3 is 5.73 Å². The number of nitrogen functional groups attached to an aromatic ring is 1. The van der Waals surface area contributed by atoms with Gasteiger partial charge in [-0.25, -0.2) is 14.4 Å². The molecule has 21 heavy (non-hydrogen) atoms. The Labute approximate surface area is 122 Å². The molecular formula is C16H17FN4. The van der Waals surface area contributed by atoms with E-state index in [0.29, 0.717) is 17.2 Å². The Morgan fingerprint density at radius 2 is 1.76 bits per heavy atom. The van der Waals surface area contributed by atoms with Crippen LogP contribution in [-0.4, -0.2) is 14.5 Å². The van der Waals surface area contributed by atoms with Crippen LogP contribution in [0.5, 0.6) is 0 Å². The first-order chi connectivity index (χ1) is 9.91. The van der Waals surface area contributed by atoms with E-state index in [0.717, 1.165) is 28.0 Å². The van der Waals surface area contributed by atoms with Gasteiger partial charge in [0.2, 0.25) is 0 Å². The van der Waals surface area contributed by atoms with Crippen LogP contribution in [0.2, 0.25) is 0 Å². The Morgan fingerprint density at radius 3 is 2.48 bits per heavy atom. The number of benzene rings is 1. The lowest BCUT2D eigenvalue weighted by Gasteiger charge is -2.12. The first-order valence-corrected chi connectivity index (χ1v) is 6.79. The molecule has 0 radical (unpaired) electrons. The van der Waals surface area contributed by atoms with Gasteiger partial charge in [0, 0.05) is 11.3 Å². The normalized spacial score (nSPS) is 11.3. The summed E-state index contributed by atoms with van der Waals surface area (Å²) < 4.78 is 15.8. The zero-order chi connectivity index (χ0) is 15.3. The fourth-order valence-electron chi connectivity index (χ4n) is 2.74. The van der Waals surface area contributed by atoms with E-state index in [1.807, 2.05) is 24.5 Å². The van der Waals surface area contributed by atoms with Gasteiger partial charge in [-0.1, -0.05) is 6.07 Å². The highest BCUT2D eigenvalue weighted by molar-refractivity contribution is 5.92. The molecule has 2 heterocycles. The highest BCUT2D eigenvalue weighted by Crippen LogP contribution is 2.31. The minimum atomic E-state index is -0.231. The summed E-state index contributed by atoms with van der Waals surface area (Å²) in [6.07, 6.45) is 0. The molecule has 0 aliphatic carbocycles. The lowest BCUT2D eigenvalue weighted by Crippen LogP contribution is -2.04. The van der Waals surface area contributed by atoms with Crippen LogP contribution in [0.25, 0.3) is 16.7 Å². The summed E-state index contributed by atoms with van der Waals surface area (Å²) >= 11 is 0. The number of aryl methyl sites for hydroxylation is 2. The van der Waals surface area contributed by atoms with Crippen LogP contribution < -0.4 is 5.73 Å². The van der Waals surface area contributed by atoms with Crippen LogP contribution in [0.1, 0.15) is 22.6 Å². The van der Waals surface area contributed by atoms with Crippen molar-refractivity contribution in [2.24, 2.45) is 0 Å². The molecule has 2 N–H and O–H groups in total. The summed E-state index contributed by atoms with van der Waals surface area (Å²) in [5.41, 5.74) is 10.2. The van der Waals surface area contributed by atoms with Crippen molar-refractivity contribution in [2.45, 2.75) is 27.7 Å². The molecule has 0 atom stereocenters. The Bertz CT molecular complexity index is 865. The molecule has 0 fully saturated rings. The van der Waals surface area contributed by atoms with Crippen molar-refractivity contribution in [2.75, 3.05) is 5.73 Å². The average Bonchev–Trinajstić information content (AvgIpc) is 2.66. The molecular weight excluding hydrogens is 267 g/mol. The molecule has 0 aliphatic rings. The molecule has 0 spiro atoms. The molecule has 0 unspecified atom stereocenters. The van der Waals surface area contributed by atoms with Gasteiger partial charge in [0.1, 0.15) is 17.5 Å². The fraction of sp³-hybridized carbons (Fsp3) is 0.250. The minimum Gasteiger partial charge on any atom is -0.383 e. The van der Waals surface area contributed by atoms with E-state index in [2.05, 4.69) is 9.97 Å². The van der Waals surface area contributed by atoms with Crippen LogP contribution in [-0.2, 0) is 0 Å². The topological polar surface area (TPSA) is 56.7 Å². The number of nitrogens with zero attached hydrogens (tertiary/aromatic N) is 3. The SMILES string of the molecule is Cc1nc(N)c2c(C)c(C)n(-c3cccc(F)c3C)c2n1. The predicted octanol–water partition coefficient (Wildman–Crippen LogP) is 3.38. The van der Waals surface area contributed by atoms with Crippen molar-refractivity contribution in [3.63, 3.8) is 0 Å². The number of nitrogens with two attached hydrogens (primary N) is 1. The summed E-state index contributed by atoms with van der Waals surface area (Å²) in [7, 11) is 0. The first kappa shape index (κ1) is 13.5. The molecule has 0 aliphatic heterocycles. The summed E-state index contributed by atoms with van der Waals surface area (Å²) in [6, 6.07) is 5.05. The van der Waals surface area contributed by atoms with E-state index in [9.17, 15) is 4.39 Å². The van der Waals surface area contributed by atoms with Crippen molar-refractivity contribution < 1.29 is 4.39 Å². The third-order valence-electron chi connectivity index (χ3n) is 3.97. The smallest absolute Gasteiger partial charge is 0.150 e. The van der Waals surface area contributed by atoms with Crippen molar-refractivity contribution in [3.8, 4) is 5.69 Å². The van der Waals surface area contributed by atoms with Gasteiger partial charge in [-0.15, -0.1) is 0 Å². The molecule has 3 aromatic rings. The van der Waals surface area contributed by atoms with E-state index < -0.39 is 0 Å². The molecule has 3 rings (SSSR count). The van der Waals surface area contributed by atoms with Gasteiger partial charge in [0.05, 0.1) is 11.1 Å². The van der Waals surface area contributed by atoms with Crippen molar-refractivity contribution >= 4 is 16.9 Å². The van der Waals surface area contributed by atoms with E-state index in [1.54, 1.807) is 19.9 Å². The minimum absolute atomic E-state index is 0.231. The standard InChI is InChI=1S/C16H17FN4/c1-8-10(3)21(13-7-5-6-12(17)9(13)2)16-14(8)15(18)19-11(4)20-16/h5-7H,1-4H3,(H2,18,19,20). The third-order valence-corrected chi connectivity index (χ3v) is 3.97. The second kappa shape index (κ2) is 4.55. The van der Waals surface area contributed by atoms with Crippen LogP contribution in [0.3, 0.4) is 0 Å². The lowest BCUT2D eigenvalue weighted by molar-refractivity contribution is 0.617. The molecule has 1 aromatic carbocycles. The summed E-state index contributed by atoms with van der Waals surface area (Å²) in [5.74, 6) is 0.837.